The van der Waals surface area contributed by atoms with Crippen LogP contribution < -0.4 is 10.8 Å². The van der Waals surface area contributed by atoms with Crippen molar-refractivity contribution in [2.75, 3.05) is 6.54 Å². The van der Waals surface area contributed by atoms with Crippen molar-refractivity contribution >= 4 is 23.0 Å². The number of amides is 1. The summed E-state index contributed by atoms with van der Waals surface area (Å²) in [5.41, 5.74) is 3.48. The predicted octanol–water partition coefficient (Wildman–Crippen LogP) is 3.44. The van der Waals surface area contributed by atoms with Crippen molar-refractivity contribution in [3.63, 3.8) is 0 Å². The number of hydroxylamine groups is 1. The molecule has 28 heavy (non-hydrogen) atoms. The van der Waals surface area contributed by atoms with Gasteiger partial charge in [-0.2, -0.15) is 13.2 Å². The molecule has 0 atom stereocenters. The highest BCUT2D eigenvalue weighted by Crippen LogP contribution is 2.25. The first-order chi connectivity index (χ1) is 13.2. The summed E-state index contributed by atoms with van der Waals surface area (Å²) in [6.45, 7) is 5.39. The Labute approximate surface area is 161 Å². The first kappa shape index (κ1) is 21.9. The molecule has 2 aromatic rings. The quantitative estimate of drug-likeness (QED) is 0.262. The number of carbonyl (C=O) groups excluding carboxylic acids is 1. The number of hydrogen-bond donors (Lipinski definition) is 3. The van der Waals surface area contributed by atoms with Crippen molar-refractivity contribution in [3.05, 3.63) is 35.7 Å². The van der Waals surface area contributed by atoms with Crippen LogP contribution in [-0.2, 0) is 17.8 Å². The van der Waals surface area contributed by atoms with Gasteiger partial charge in [0.15, 0.2) is 0 Å². The second-order valence-electron chi connectivity index (χ2n) is 6.81. The third kappa shape index (κ3) is 6.65. The maximum atomic E-state index is 12.7. The topological polar surface area (TPSA) is 79.2 Å². The number of alkyl halides is 3. The van der Waals surface area contributed by atoms with Gasteiger partial charge in [-0.25, -0.2) is 10.5 Å². The van der Waals surface area contributed by atoms with Crippen molar-refractivity contribution in [1.82, 2.24) is 20.3 Å². The standard InChI is InChI=1S/C19H25F3N4O2/c1-13(2)23-10-3-11-26-16-6-4-14(5-7-18(27)25-28)12-15(16)24-17(26)8-9-19(20,21)22/h4-7,12-13,23,28H,3,8-11H2,1-2H3,(H,25,27). The number of aromatic nitrogens is 2. The molecule has 1 amide bonds. The fraction of sp³-hybridized carbons (Fsp3) is 0.474. The molecule has 1 aromatic heterocycles. The molecular weight excluding hydrogens is 373 g/mol. The molecule has 0 radical (unpaired) electrons. The summed E-state index contributed by atoms with van der Waals surface area (Å²) in [7, 11) is 0. The number of fused-ring (bicyclic) bond motifs is 1. The van der Waals surface area contributed by atoms with Gasteiger partial charge in [0.1, 0.15) is 5.82 Å². The third-order valence-electron chi connectivity index (χ3n) is 4.13. The van der Waals surface area contributed by atoms with Crippen LogP contribution in [0.2, 0.25) is 0 Å². The molecule has 0 aliphatic heterocycles. The van der Waals surface area contributed by atoms with Crippen molar-refractivity contribution in [3.8, 4) is 0 Å². The van der Waals surface area contributed by atoms with E-state index in [4.69, 9.17) is 5.21 Å². The number of hydrogen-bond acceptors (Lipinski definition) is 4. The molecule has 0 saturated heterocycles. The Bertz CT molecular complexity index is 828. The van der Waals surface area contributed by atoms with Gasteiger partial charge >= 0.3 is 6.18 Å². The smallest absolute Gasteiger partial charge is 0.328 e. The SMILES string of the molecule is CC(C)NCCCn1c(CCC(F)(F)F)nc2cc(C=CC(=O)NO)ccc21. The second kappa shape index (κ2) is 9.70. The Kier molecular flexibility index (Phi) is 7.59. The van der Waals surface area contributed by atoms with Crippen LogP contribution in [0.3, 0.4) is 0 Å². The first-order valence-electron chi connectivity index (χ1n) is 9.11. The number of rotatable bonds is 9. The third-order valence-corrected chi connectivity index (χ3v) is 4.13. The van der Waals surface area contributed by atoms with Gasteiger partial charge in [-0.1, -0.05) is 19.9 Å². The van der Waals surface area contributed by atoms with Crippen molar-refractivity contribution in [1.29, 1.82) is 0 Å². The van der Waals surface area contributed by atoms with E-state index in [9.17, 15) is 18.0 Å². The van der Waals surface area contributed by atoms with E-state index in [1.54, 1.807) is 18.2 Å². The van der Waals surface area contributed by atoms with Gasteiger partial charge in [0.2, 0.25) is 0 Å². The Morgan fingerprint density at radius 3 is 2.75 bits per heavy atom. The van der Waals surface area contributed by atoms with Crippen molar-refractivity contribution in [2.45, 2.75) is 51.9 Å². The van der Waals surface area contributed by atoms with E-state index in [1.807, 2.05) is 18.4 Å². The number of benzene rings is 1. The summed E-state index contributed by atoms with van der Waals surface area (Å²) < 4.78 is 39.9. The minimum absolute atomic E-state index is 0.187. The average molecular weight is 398 g/mol. The molecule has 6 nitrogen and oxygen atoms in total. The van der Waals surface area contributed by atoms with Crippen LogP contribution in [0.5, 0.6) is 0 Å². The minimum Gasteiger partial charge on any atom is -0.328 e. The lowest BCUT2D eigenvalue weighted by atomic mass is 10.2. The van der Waals surface area contributed by atoms with Gasteiger partial charge in [-0.3, -0.25) is 10.0 Å². The molecule has 0 bridgehead atoms. The van der Waals surface area contributed by atoms with Crippen LogP contribution in [0.4, 0.5) is 13.2 Å². The van der Waals surface area contributed by atoms with Crippen LogP contribution in [0.25, 0.3) is 17.1 Å². The molecule has 1 heterocycles. The average Bonchev–Trinajstić information content (AvgIpc) is 2.97. The minimum atomic E-state index is -4.24. The number of nitrogens with zero attached hydrogens (tertiary/aromatic N) is 2. The molecule has 3 N–H and O–H groups in total. The summed E-state index contributed by atoms with van der Waals surface area (Å²) in [5.74, 6) is -0.278. The number of imidazole rings is 1. The van der Waals surface area contributed by atoms with Crippen molar-refractivity contribution in [2.24, 2.45) is 0 Å². The summed E-state index contributed by atoms with van der Waals surface area (Å²) in [6, 6.07) is 5.58. The van der Waals surface area contributed by atoms with Crippen LogP contribution >= 0.6 is 0 Å². The first-order valence-corrected chi connectivity index (χ1v) is 9.11. The molecule has 1 aromatic carbocycles. The zero-order valence-corrected chi connectivity index (χ0v) is 15.9. The lowest BCUT2D eigenvalue weighted by Gasteiger charge is -2.12. The van der Waals surface area contributed by atoms with Crippen molar-refractivity contribution < 1.29 is 23.2 Å². The predicted molar refractivity (Wildman–Crippen MR) is 101 cm³/mol. The molecule has 9 heteroatoms. The lowest BCUT2D eigenvalue weighted by Crippen LogP contribution is -2.24. The lowest BCUT2D eigenvalue weighted by molar-refractivity contribution is -0.134. The second-order valence-corrected chi connectivity index (χ2v) is 6.81. The normalized spacial score (nSPS) is 12.4. The van der Waals surface area contributed by atoms with Gasteiger partial charge < -0.3 is 9.88 Å². The molecule has 2 rings (SSSR count). The summed E-state index contributed by atoms with van der Waals surface area (Å²) >= 11 is 0. The highest BCUT2D eigenvalue weighted by atomic mass is 19.4. The van der Waals surface area contributed by atoms with E-state index in [-0.39, 0.29) is 6.42 Å². The summed E-state index contributed by atoms with van der Waals surface area (Å²) in [4.78, 5) is 15.5. The number of aryl methyl sites for hydroxylation is 2. The zero-order chi connectivity index (χ0) is 20.7. The molecule has 0 aliphatic rings. The highest BCUT2D eigenvalue weighted by Gasteiger charge is 2.28. The summed E-state index contributed by atoms with van der Waals surface area (Å²) in [5, 5.41) is 11.8. The van der Waals surface area contributed by atoms with Crippen LogP contribution in [0.15, 0.2) is 24.3 Å². The maximum absolute atomic E-state index is 12.7. The van der Waals surface area contributed by atoms with Crippen LogP contribution in [0.1, 0.15) is 38.1 Å². The fourth-order valence-electron chi connectivity index (χ4n) is 2.83. The van der Waals surface area contributed by atoms with Crippen LogP contribution in [0, 0.1) is 0 Å². The highest BCUT2D eigenvalue weighted by molar-refractivity contribution is 5.91. The molecule has 0 saturated carbocycles. The monoisotopic (exact) mass is 398 g/mol. The van der Waals surface area contributed by atoms with Gasteiger partial charge in [0, 0.05) is 25.1 Å². The van der Waals surface area contributed by atoms with Gasteiger partial charge in [0.05, 0.1) is 17.5 Å². The van der Waals surface area contributed by atoms with E-state index in [1.165, 1.54) is 11.6 Å². The Balaban J connectivity index is 2.27. The van der Waals surface area contributed by atoms with E-state index < -0.39 is 18.5 Å². The molecule has 154 valence electrons. The van der Waals surface area contributed by atoms with E-state index in [0.29, 0.717) is 29.5 Å². The Hall–Kier alpha value is -2.39. The number of carbonyl (C=O) groups is 1. The Morgan fingerprint density at radius 2 is 2.11 bits per heavy atom. The number of halogens is 3. The largest absolute Gasteiger partial charge is 0.389 e. The Morgan fingerprint density at radius 1 is 1.36 bits per heavy atom. The molecule has 0 fully saturated rings. The fourth-order valence-corrected chi connectivity index (χ4v) is 2.83. The summed E-state index contributed by atoms with van der Waals surface area (Å²) in [6.07, 6.45) is -1.95. The molecule has 0 spiro atoms. The molecular formula is C19H25F3N4O2. The maximum Gasteiger partial charge on any atom is 0.389 e. The van der Waals surface area contributed by atoms with E-state index in [0.717, 1.165) is 24.6 Å². The number of nitrogens with one attached hydrogen (secondary N) is 2. The van der Waals surface area contributed by atoms with Crippen LogP contribution in [-0.4, -0.2) is 39.4 Å². The molecule has 0 unspecified atom stereocenters. The van der Waals surface area contributed by atoms with E-state index >= 15 is 0 Å². The zero-order valence-electron chi connectivity index (χ0n) is 15.9. The van der Waals surface area contributed by atoms with Gasteiger partial charge in [0.25, 0.3) is 5.91 Å². The van der Waals surface area contributed by atoms with Gasteiger partial charge in [-0.05, 0) is 36.7 Å². The van der Waals surface area contributed by atoms with E-state index in [2.05, 4.69) is 10.3 Å². The molecule has 0 aliphatic carbocycles. The van der Waals surface area contributed by atoms with Gasteiger partial charge in [-0.15, -0.1) is 0 Å².